The van der Waals surface area contributed by atoms with Gasteiger partial charge in [0.15, 0.2) is 0 Å². The van der Waals surface area contributed by atoms with Crippen LogP contribution in [0.3, 0.4) is 0 Å². The lowest BCUT2D eigenvalue weighted by atomic mass is 9.90. The van der Waals surface area contributed by atoms with Gasteiger partial charge in [-0.05, 0) is 18.9 Å². The molecule has 3 nitrogen and oxygen atoms in total. The van der Waals surface area contributed by atoms with Crippen molar-refractivity contribution in [2.75, 3.05) is 11.9 Å². The van der Waals surface area contributed by atoms with Crippen molar-refractivity contribution < 1.29 is 0 Å². The van der Waals surface area contributed by atoms with Crippen LogP contribution in [0.5, 0.6) is 0 Å². The highest BCUT2D eigenvalue weighted by Crippen LogP contribution is 2.30. The van der Waals surface area contributed by atoms with Crippen molar-refractivity contribution in [1.82, 2.24) is 4.98 Å². The fourth-order valence-electron chi connectivity index (χ4n) is 2.44. The largest absolute Gasteiger partial charge is 0.354 e. The minimum Gasteiger partial charge on any atom is -0.354 e. The second kappa shape index (κ2) is 5.42. The van der Waals surface area contributed by atoms with Gasteiger partial charge in [-0.1, -0.05) is 36.0 Å². The van der Waals surface area contributed by atoms with Crippen LogP contribution in [0, 0.1) is 0 Å². The molecule has 2 N–H and O–H groups in total. The first-order valence-corrected chi connectivity index (χ1v) is 6.64. The van der Waals surface area contributed by atoms with E-state index in [0.29, 0.717) is 16.1 Å². The van der Waals surface area contributed by atoms with Crippen LogP contribution in [0.15, 0.2) is 12.3 Å². The van der Waals surface area contributed by atoms with E-state index in [1.165, 1.54) is 12.8 Å². The molecular formula is C12H17Cl2N3. The van der Waals surface area contributed by atoms with Gasteiger partial charge in [-0.15, -0.1) is 0 Å². The summed E-state index contributed by atoms with van der Waals surface area (Å²) in [5, 5.41) is 1.14. The molecule has 0 aliphatic heterocycles. The van der Waals surface area contributed by atoms with E-state index >= 15 is 0 Å². The van der Waals surface area contributed by atoms with E-state index in [-0.39, 0.29) is 6.04 Å². The van der Waals surface area contributed by atoms with Crippen molar-refractivity contribution in [3.63, 3.8) is 0 Å². The SMILES string of the molecule is CN(c1ncc(Cl)cc1Cl)C1CCCCC1N. The Morgan fingerprint density at radius 1 is 1.35 bits per heavy atom. The molecule has 0 saturated heterocycles. The zero-order valence-electron chi connectivity index (χ0n) is 9.87. The number of hydrogen-bond donors (Lipinski definition) is 1. The minimum absolute atomic E-state index is 0.197. The third-order valence-corrected chi connectivity index (χ3v) is 3.89. The average molecular weight is 274 g/mol. The molecule has 2 rings (SSSR count). The van der Waals surface area contributed by atoms with E-state index in [0.717, 1.165) is 18.7 Å². The summed E-state index contributed by atoms with van der Waals surface area (Å²) in [6, 6.07) is 2.23. The van der Waals surface area contributed by atoms with E-state index in [4.69, 9.17) is 28.9 Å². The van der Waals surface area contributed by atoms with Gasteiger partial charge in [0, 0.05) is 25.3 Å². The van der Waals surface area contributed by atoms with Gasteiger partial charge in [0.1, 0.15) is 5.82 Å². The maximum absolute atomic E-state index is 6.16. The molecule has 1 aromatic heterocycles. The zero-order valence-corrected chi connectivity index (χ0v) is 11.4. The summed E-state index contributed by atoms with van der Waals surface area (Å²) in [7, 11) is 2.00. The Kier molecular flexibility index (Phi) is 4.13. The first-order chi connectivity index (χ1) is 8.09. The molecule has 1 aliphatic rings. The molecular weight excluding hydrogens is 257 g/mol. The maximum atomic E-state index is 6.16. The number of nitrogens with two attached hydrogens (primary N) is 1. The molecule has 1 saturated carbocycles. The Bertz CT molecular complexity index is 397. The fourth-order valence-corrected chi connectivity index (χ4v) is 2.96. The summed E-state index contributed by atoms with van der Waals surface area (Å²) in [6.07, 6.45) is 6.22. The maximum Gasteiger partial charge on any atom is 0.147 e. The Balaban J connectivity index is 2.20. The van der Waals surface area contributed by atoms with Gasteiger partial charge in [0.25, 0.3) is 0 Å². The molecule has 0 bridgehead atoms. The van der Waals surface area contributed by atoms with Gasteiger partial charge in [-0.3, -0.25) is 0 Å². The quantitative estimate of drug-likeness (QED) is 0.901. The van der Waals surface area contributed by atoms with Gasteiger partial charge >= 0.3 is 0 Å². The number of halogens is 2. The van der Waals surface area contributed by atoms with Crippen LogP contribution in [0.1, 0.15) is 25.7 Å². The highest BCUT2D eigenvalue weighted by Gasteiger charge is 2.27. The van der Waals surface area contributed by atoms with E-state index in [2.05, 4.69) is 9.88 Å². The highest BCUT2D eigenvalue weighted by atomic mass is 35.5. The standard InChI is InChI=1S/C12H17Cl2N3/c1-17(11-5-3-2-4-10(11)15)12-9(14)6-8(13)7-16-12/h6-7,10-11H,2-5,15H2,1H3. The van der Waals surface area contributed by atoms with Crippen LogP contribution < -0.4 is 10.6 Å². The second-order valence-electron chi connectivity index (χ2n) is 4.59. The summed E-state index contributed by atoms with van der Waals surface area (Å²) in [5.74, 6) is 0.762. The predicted molar refractivity (Wildman–Crippen MR) is 72.9 cm³/mol. The van der Waals surface area contributed by atoms with E-state index in [1.54, 1.807) is 12.3 Å². The van der Waals surface area contributed by atoms with Crippen LogP contribution in [0.4, 0.5) is 5.82 Å². The molecule has 1 fully saturated rings. The lowest BCUT2D eigenvalue weighted by molar-refractivity contribution is 0.372. The van der Waals surface area contributed by atoms with Crippen molar-refractivity contribution in [2.45, 2.75) is 37.8 Å². The number of pyridine rings is 1. The highest BCUT2D eigenvalue weighted by molar-refractivity contribution is 6.36. The summed E-state index contributed by atoms with van der Waals surface area (Å²) in [4.78, 5) is 6.38. The Morgan fingerprint density at radius 3 is 2.71 bits per heavy atom. The second-order valence-corrected chi connectivity index (χ2v) is 5.43. The van der Waals surface area contributed by atoms with Crippen LogP contribution in [-0.4, -0.2) is 24.1 Å². The van der Waals surface area contributed by atoms with Gasteiger partial charge in [-0.2, -0.15) is 0 Å². The molecule has 17 heavy (non-hydrogen) atoms. The summed E-state index contributed by atoms with van der Waals surface area (Å²) in [5.41, 5.74) is 6.16. The van der Waals surface area contributed by atoms with E-state index in [1.807, 2.05) is 7.05 Å². The molecule has 1 aliphatic carbocycles. The predicted octanol–water partition coefficient (Wildman–Crippen LogP) is 3.09. The first kappa shape index (κ1) is 12.9. The summed E-state index contributed by atoms with van der Waals surface area (Å²) >= 11 is 12.0. The van der Waals surface area contributed by atoms with Crippen LogP contribution in [-0.2, 0) is 0 Å². The minimum atomic E-state index is 0.197. The molecule has 2 unspecified atom stereocenters. The normalized spacial score (nSPS) is 24.7. The number of hydrogen-bond acceptors (Lipinski definition) is 3. The van der Waals surface area contributed by atoms with Crippen LogP contribution in [0.2, 0.25) is 10.0 Å². The smallest absolute Gasteiger partial charge is 0.147 e. The fraction of sp³-hybridized carbons (Fsp3) is 0.583. The van der Waals surface area contributed by atoms with Crippen LogP contribution >= 0.6 is 23.2 Å². The number of nitrogens with zero attached hydrogens (tertiary/aromatic N) is 2. The van der Waals surface area contributed by atoms with Gasteiger partial charge in [0.05, 0.1) is 10.0 Å². The molecule has 1 heterocycles. The van der Waals surface area contributed by atoms with Crippen molar-refractivity contribution in [2.24, 2.45) is 5.73 Å². The number of likely N-dealkylation sites (N-methyl/N-ethyl adjacent to an activating group) is 1. The molecule has 5 heteroatoms. The van der Waals surface area contributed by atoms with Gasteiger partial charge < -0.3 is 10.6 Å². The number of aromatic nitrogens is 1. The number of anilines is 1. The first-order valence-electron chi connectivity index (χ1n) is 5.89. The van der Waals surface area contributed by atoms with E-state index in [9.17, 15) is 0 Å². The molecule has 94 valence electrons. The molecule has 1 aromatic rings. The lowest BCUT2D eigenvalue weighted by Gasteiger charge is -2.37. The van der Waals surface area contributed by atoms with Crippen LogP contribution in [0.25, 0.3) is 0 Å². The summed E-state index contributed by atoms with van der Waals surface area (Å²) in [6.45, 7) is 0. The monoisotopic (exact) mass is 273 g/mol. The third kappa shape index (κ3) is 2.84. The molecule has 0 aromatic carbocycles. The van der Waals surface area contributed by atoms with Crippen molar-refractivity contribution in [3.05, 3.63) is 22.3 Å². The topological polar surface area (TPSA) is 42.2 Å². The van der Waals surface area contributed by atoms with Crippen molar-refractivity contribution >= 4 is 29.0 Å². The van der Waals surface area contributed by atoms with Crippen molar-refractivity contribution in [3.8, 4) is 0 Å². The Hall–Kier alpha value is -0.510. The third-order valence-electron chi connectivity index (χ3n) is 3.40. The van der Waals surface area contributed by atoms with Gasteiger partial charge in [-0.25, -0.2) is 4.98 Å². The zero-order chi connectivity index (χ0) is 12.4. The molecule has 0 radical (unpaired) electrons. The molecule has 0 spiro atoms. The Labute approximate surface area is 112 Å². The lowest BCUT2D eigenvalue weighted by Crippen LogP contribution is -2.48. The molecule has 2 atom stereocenters. The Morgan fingerprint density at radius 2 is 2.06 bits per heavy atom. The average Bonchev–Trinajstić information content (AvgIpc) is 2.29. The van der Waals surface area contributed by atoms with Gasteiger partial charge in [0.2, 0.25) is 0 Å². The summed E-state index contributed by atoms with van der Waals surface area (Å²) < 4.78 is 0. The van der Waals surface area contributed by atoms with E-state index < -0.39 is 0 Å². The number of rotatable bonds is 2. The van der Waals surface area contributed by atoms with Crippen molar-refractivity contribution in [1.29, 1.82) is 0 Å². The molecule has 0 amide bonds.